The molecule has 0 spiro atoms. The quantitative estimate of drug-likeness (QED) is 0.845. The van der Waals surface area contributed by atoms with Crippen molar-refractivity contribution in [1.82, 2.24) is 4.90 Å². The SMILES string of the molecule is NCC(c1ccccc1Br)N1CCCC1CCCO. The van der Waals surface area contributed by atoms with Gasteiger partial charge in [-0.25, -0.2) is 0 Å². The molecule has 1 aliphatic heterocycles. The molecule has 1 saturated heterocycles. The molecule has 2 unspecified atom stereocenters. The van der Waals surface area contributed by atoms with Crippen molar-refractivity contribution in [3.63, 3.8) is 0 Å². The van der Waals surface area contributed by atoms with Crippen LogP contribution in [0.15, 0.2) is 28.7 Å². The Balaban J connectivity index is 2.14. The van der Waals surface area contributed by atoms with Crippen LogP contribution in [0, 0.1) is 0 Å². The minimum Gasteiger partial charge on any atom is -0.396 e. The number of aliphatic hydroxyl groups is 1. The van der Waals surface area contributed by atoms with Crippen molar-refractivity contribution in [3.8, 4) is 0 Å². The first-order valence-corrected chi connectivity index (χ1v) is 7.88. The molecule has 0 aliphatic carbocycles. The summed E-state index contributed by atoms with van der Waals surface area (Å²) in [5.41, 5.74) is 7.31. The number of benzene rings is 1. The van der Waals surface area contributed by atoms with Gasteiger partial charge in [-0.15, -0.1) is 0 Å². The smallest absolute Gasteiger partial charge is 0.0484 e. The summed E-state index contributed by atoms with van der Waals surface area (Å²) in [6.07, 6.45) is 4.41. The Morgan fingerprint density at radius 1 is 1.42 bits per heavy atom. The van der Waals surface area contributed by atoms with Gasteiger partial charge in [0.05, 0.1) is 0 Å². The third-order valence-corrected chi connectivity index (χ3v) is 4.73. The number of nitrogens with two attached hydrogens (primary N) is 1. The van der Waals surface area contributed by atoms with E-state index in [2.05, 4.69) is 39.0 Å². The maximum atomic E-state index is 9.02. The van der Waals surface area contributed by atoms with Crippen LogP contribution in [-0.2, 0) is 0 Å². The first-order valence-electron chi connectivity index (χ1n) is 7.09. The standard InChI is InChI=1S/C15H23BrN2O/c16-14-8-2-1-7-13(14)15(11-17)18-9-3-5-12(18)6-4-10-19/h1-2,7-8,12,15,19H,3-6,9-11,17H2. The monoisotopic (exact) mass is 326 g/mol. The Kier molecular flexibility index (Phi) is 5.82. The number of rotatable bonds is 6. The second-order valence-corrected chi connectivity index (χ2v) is 6.03. The summed E-state index contributed by atoms with van der Waals surface area (Å²) in [5, 5.41) is 9.02. The number of aliphatic hydroxyl groups excluding tert-OH is 1. The van der Waals surface area contributed by atoms with Gasteiger partial charge in [-0.3, -0.25) is 4.90 Å². The summed E-state index contributed by atoms with van der Waals surface area (Å²) < 4.78 is 1.14. The largest absolute Gasteiger partial charge is 0.396 e. The Morgan fingerprint density at radius 3 is 2.89 bits per heavy atom. The van der Waals surface area contributed by atoms with Gasteiger partial charge in [0, 0.05) is 29.7 Å². The lowest BCUT2D eigenvalue weighted by atomic mass is 10.0. The number of likely N-dealkylation sites (tertiary alicyclic amines) is 1. The lowest BCUT2D eigenvalue weighted by molar-refractivity contribution is 0.165. The summed E-state index contributed by atoms with van der Waals surface area (Å²) in [7, 11) is 0. The van der Waals surface area contributed by atoms with Crippen LogP contribution in [0.25, 0.3) is 0 Å². The van der Waals surface area contributed by atoms with Gasteiger partial charge in [0.25, 0.3) is 0 Å². The highest BCUT2D eigenvalue weighted by molar-refractivity contribution is 9.10. The normalized spacial score (nSPS) is 21.7. The van der Waals surface area contributed by atoms with Crippen LogP contribution in [0.2, 0.25) is 0 Å². The Hall–Kier alpha value is -0.420. The van der Waals surface area contributed by atoms with Crippen molar-refractivity contribution in [2.75, 3.05) is 19.7 Å². The average molecular weight is 327 g/mol. The highest BCUT2D eigenvalue weighted by atomic mass is 79.9. The molecule has 2 atom stereocenters. The maximum Gasteiger partial charge on any atom is 0.0484 e. The summed E-state index contributed by atoms with van der Waals surface area (Å²) in [6.45, 7) is 2.03. The first kappa shape index (κ1) is 15.0. The van der Waals surface area contributed by atoms with E-state index in [0.29, 0.717) is 12.6 Å². The van der Waals surface area contributed by atoms with Crippen molar-refractivity contribution in [2.45, 2.75) is 37.8 Å². The third-order valence-electron chi connectivity index (χ3n) is 4.01. The van der Waals surface area contributed by atoms with Gasteiger partial charge in [-0.05, 0) is 43.9 Å². The number of hydrogen-bond acceptors (Lipinski definition) is 3. The molecule has 106 valence electrons. The van der Waals surface area contributed by atoms with Crippen molar-refractivity contribution < 1.29 is 5.11 Å². The van der Waals surface area contributed by atoms with Gasteiger partial charge in [0.15, 0.2) is 0 Å². The Morgan fingerprint density at radius 2 is 2.21 bits per heavy atom. The first-order chi connectivity index (χ1) is 9.27. The molecule has 0 radical (unpaired) electrons. The highest BCUT2D eigenvalue weighted by Gasteiger charge is 2.31. The molecule has 0 aromatic heterocycles. The van der Waals surface area contributed by atoms with Crippen molar-refractivity contribution in [1.29, 1.82) is 0 Å². The van der Waals surface area contributed by atoms with E-state index in [9.17, 15) is 0 Å². The van der Waals surface area contributed by atoms with E-state index in [1.165, 1.54) is 18.4 Å². The Labute approximate surface area is 123 Å². The molecule has 2 rings (SSSR count). The fourth-order valence-corrected chi connectivity index (χ4v) is 3.64. The molecule has 1 heterocycles. The second kappa shape index (κ2) is 7.39. The molecule has 0 bridgehead atoms. The molecule has 1 aromatic rings. The van der Waals surface area contributed by atoms with Crippen LogP contribution < -0.4 is 5.73 Å². The molecular weight excluding hydrogens is 304 g/mol. The summed E-state index contributed by atoms with van der Waals surface area (Å²) in [5.74, 6) is 0. The van der Waals surface area contributed by atoms with Crippen LogP contribution >= 0.6 is 15.9 Å². The summed E-state index contributed by atoms with van der Waals surface area (Å²) in [4.78, 5) is 2.52. The molecule has 19 heavy (non-hydrogen) atoms. The van der Waals surface area contributed by atoms with E-state index in [0.717, 1.165) is 23.9 Å². The number of nitrogens with zero attached hydrogens (tertiary/aromatic N) is 1. The predicted molar refractivity (Wildman–Crippen MR) is 82.0 cm³/mol. The van der Waals surface area contributed by atoms with E-state index in [1.54, 1.807) is 0 Å². The van der Waals surface area contributed by atoms with E-state index < -0.39 is 0 Å². The zero-order chi connectivity index (χ0) is 13.7. The van der Waals surface area contributed by atoms with Crippen molar-refractivity contribution in [3.05, 3.63) is 34.3 Å². The lowest BCUT2D eigenvalue weighted by Gasteiger charge is -2.33. The fraction of sp³-hybridized carbons (Fsp3) is 0.600. The van der Waals surface area contributed by atoms with E-state index in [4.69, 9.17) is 10.8 Å². The fourth-order valence-electron chi connectivity index (χ4n) is 3.09. The molecule has 0 saturated carbocycles. The minimum absolute atomic E-state index is 0.279. The highest BCUT2D eigenvalue weighted by Crippen LogP contribution is 2.34. The van der Waals surface area contributed by atoms with Gasteiger partial charge in [-0.1, -0.05) is 34.1 Å². The van der Waals surface area contributed by atoms with Crippen LogP contribution in [-0.4, -0.2) is 35.7 Å². The predicted octanol–water partition coefficient (Wildman–Crippen LogP) is 2.69. The lowest BCUT2D eigenvalue weighted by Crippen LogP contribution is -2.37. The topological polar surface area (TPSA) is 49.5 Å². The van der Waals surface area contributed by atoms with Gasteiger partial charge in [0.2, 0.25) is 0 Å². The average Bonchev–Trinajstić information content (AvgIpc) is 2.88. The molecule has 1 fully saturated rings. The molecule has 0 amide bonds. The van der Waals surface area contributed by atoms with Gasteiger partial charge >= 0.3 is 0 Å². The molecular formula is C15H23BrN2O. The van der Waals surface area contributed by atoms with Crippen LogP contribution in [0.4, 0.5) is 0 Å². The minimum atomic E-state index is 0.279. The molecule has 1 aliphatic rings. The van der Waals surface area contributed by atoms with Gasteiger partial charge in [0.1, 0.15) is 0 Å². The van der Waals surface area contributed by atoms with Crippen LogP contribution in [0.5, 0.6) is 0 Å². The van der Waals surface area contributed by atoms with E-state index >= 15 is 0 Å². The zero-order valence-electron chi connectivity index (χ0n) is 11.3. The van der Waals surface area contributed by atoms with E-state index in [-0.39, 0.29) is 12.6 Å². The van der Waals surface area contributed by atoms with Crippen molar-refractivity contribution in [2.24, 2.45) is 5.73 Å². The van der Waals surface area contributed by atoms with E-state index in [1.807, 2.05) is 6.07 Å². The number of halogens is 1. The second-order valence-electron chi connectivity index (χ2n) is 5.17. The Bertz CT molecular complexity index is 399. The number of hydrogen-bond donors (Lipinski definition) is 2. The summed E-state index contributed by atoms with van der Waals surface area (Å²) in [6, 6.07) is 9.19. The van der Waals surface area contributed by atoms with Crippen LogP contribution in [0.3, 0.4) is 0 Å². The third kappa shape index (κ3) is 3.57. The maximum absolute atomic E-state index is 9.02. The molecule has 1 aromatic carbocycles. The molecule has 3 N–H and O–H groups in total. The molecule has 4 heteroatoms. The van der Waals surface area contributed by atoms with Crippen molar-refractivity contribution >= 4 is 15.9 Å². The zero-order valence-corrected chi connectivity index (χ0v) is 12.8. The van der Waals surface area contributed by atoms with Gasteiger partial charge in [-0.2, -0.15) is 0 Å². The molecule has 3 nitrogen and oxygen atoms in total. The van der Waals surface area contributed by atoms with Crippen LogP contribution in [0.1, 0.15) is 37.3 Å². The van der Waals surface area contributed by atoms with Gasteiger partial charge < -0.3 is 10.8 Å². The summed E-state index contributed by atoms with van der Waals surface area (Å²) >= 11 is 3.64.